The number of imide groups is 1. The highest BCUT2D eigenvalue weighted by Crippen LogP contribution is 2.33. The molecule has 0 saturated carbocycles. The van der Waals surface area contributed by atoms with Gasteiger partial charge >= 0.3 is 5.69 Å². The molecule has 1 fully saturated rings. The van der Waals surface area contributed by atoms with Crippen molar-refractivity contribution < 1.29 is 18.8 Å². The van der Waals surface area contributed by atoms with Crippen molar-refractivity contribution in [3.63, 3.8) is 0 Å². The maximum atomic E-state index is 13.3. The Bertz CT molecular complexity index is 2870. The molecule has 7 aromatic rings. The van der Waals surface area contributed by atoms with Crippen LogP contribution in [0.15, 0.2) is 93.5 Å². The van der Waals surface area contributed by atoms with Gasteiger partial charge in [0.1, 0.15) is 11.3 Å². The molecule has 13 heteroatoms. The molecule has 8 rings (SSSR count). The first-order chi connectivity index (χ1) is 25.6. The van der Waals surface area contributed by atoms with E-state index in [-0.39, 0.29) is 41.7 Å². The van der Waals surface area contributed by atoms with Crippen molar-refractivity contribution in [1.82, 2.24) is 34.3 Å². The summed E-state index contributed by atoms with van der Waals surface area (Å²) in [5, 5.41) is 7.02. The number of aromatic nitrogens is 5. The van der Waals surface area contributed by atoms with Crippen LogP contribution in [0.2, 0.25) is 0 Å². The molecule has 6 heterocycles. The molecule has 1 unspecified atom stereocenters. The Hall–Kier alpha value is -7.07. The lowest BCUT2D eigenvalue weighted by molar-refractivity contribution is -0.134. The number of piperidine rings is 1. The van der Waals surface area contributed by atoms with Gasteiger partial charge in [0.2, 0.25) is 11.8 Å². The summed E-state index contributed by atoms with van der Waals surface area (Å²) < 4.78 is 10.4. The Balaban J connectivity index is 0.978. The summed E-state index contributed by atoms with van der Waals surface area (Å²) in [6, 6.07) is 16.2. The zero-order valence-corrected chi connectivity index (χ0v) is 28.9. The normalized spacial score (nSPS) is 14.4. The maximum absolute atomic E-state index is 13.3. The number of carbonyl (C=O) groups excluding carboxylic acids is 3. The average Bonchev–Trinajstić information content (AvgIpc) is 3.68. The third-order valence-corrected chi connectivity index (χ3v) is 9.73. The Morgan fingerprint density at radius 2 is 1.72 bits per heavy atom. The number of hydrogen-bond donors (Lipinski definition) is 2. The number of nitrogens with one attached hydrogen (secondary N) is 2. The number of carbonyl (C=O) groups is 3. The first-order valence-corrected chi connectivity index (χ1v) is 16.8. The van der Waals surface area contributed by atoms with Crippen molar-refractivity contribution in [2.45, 2.75) is 18.8 Å². The van der Waals surface area contributed by atoms with Crippen LogP contribution in [0.4, 0.5) is 0 Å². The van der Waals surface area contributed by atoms with Crippen molar-refractivity contribution in [2.24, 2.45) is 21.1 Å². The molecular formula is C40H31N7O6. The Kier molecular flexibility index (Phi) is 8.07. The van der Waals surface area contributed by atoms with Gasteiger partial charge in [-0.1, -0.05) is 17.9 Å². The summed E-state index contributed by atoms with van der Waals surface area (Å²) in [5.41, 5.74) is 6.25. The summed E-state index contributed by atoms with van der Waals surface area (Å²) in [5.74, 6) is 4.47. The maximum Gasteiger partial charge on any atom is 0.328 e. The van der Waals surface area contributed by atoms with Crippen molar-refractivity contribution in [2.75, 3.05) is 6.54 Å². The third-order valence-electron chi connectivity index (χ3n) is 9.73. The largest absolute Gasteiger partial charge is 0.464 e. The second-order valence-corrected chi connectivity index (χ2v) is 13.0. The molecule has 1 saturated heterocycles. The number of amides is 3. The molecule has 53 heavy (non-hydrogen) atoms. The molecule has 1 aliphatic heterocycles. The minimum absolute atomic E-state index is 0.0665. The molecule has 262 valence electrons. The second-order valence-electron chi connectivity index (χ2n) is 13.0. The zero-order chi connectivity index (χ0) is 37.0. The van der Waals surface area contributed by atoms with Crippen LogP contribution in [0.1, 0.15) is 40.4 Å². The molecule has 3 amide bonds. The smallest absolute Gasteiger partial charge is 0.328 e. The van der Waals surface area contributed by atoms with Crippen molar-refractivity contribution >= 4 is 50.5 Å². The number of rotatable bonds is 5. The first kappa shape index (κ1) is 33.1. The summed E-state index contributed by atoms with van der Waals surface area (Å²) in [6.45, 7) is 0.0665. The zero-order valence-electron chi connectivity index (χ0n) is 28.9. The number of nitrogens with zero attached hydrogens (tertiary/aromatic N) is 5. The fourth-order valence-corrected chi connectivity index (χ4v) is 6.85. The number of fused-ring (bicyclic) bond motifs is 3. The Morgan fingerprint density at radius 3 is 2.51 bits per heavy atom. The van der Waals surface area contributed by atoms with E-state index >= 15 is 0 Å². The molecule has 2 N–H and O–H groups in total. The van der Waals surface area contributed by atoms with Gasteiger partial charge in [-0.3, -0.25) is 43.6 Å². The fraction of sp³-hybridized carbons (Fsp3) is 0.175. The summed E-state index contributed by atoms with van der Waals surface area (Å²) in [7, 11) is 5.16. The van der Waals surface area contributed by atoms with Gasteiger partial charge in [0.05, 0.1) is 40.8 Å². The Morgan fingerprint density at radius 1 is 0.906 bits per heavy atom. The van der Waals surface area contributed by atoms with E-state index in [1.807, 2.05) is 24.3 Å². The van der Waals surface area contributed by atoms with E-state index < -0.39 is 11.8 Å². The van der Waals surface area contributed by atoms with Gasteiger partial charge in [-0.05, 0) is 60.5 Å². The summed E-state index contributed by atoms with van der Waals surface area (Å²) in [4.78, 5) is 71.6. The van der Waals surface area contributed by atoms with Gasteiger partial charge in [-0.2, -0.15) is 0 Å². The quantitative estimate of drug-likeness (QED) is 0.201. The monoisotopic (exact) mass is 705 g/mol. The summed E-state index contributed by atoms with van der Waals surface area (Å²) >= 11 is 0. The number of furan rings is 1. The van der Waals surface area contributed by atoms with E-state index in [1.54, 1.807) is 79.3 Å². The van der Waals surface area contributed by atoms with Crippen molar-refractivity contribution in [3.8, 4) is 34.2 Å². The van der Waals surface area contributed by atoms with Crippen LogP contribution in [-0.4, -0.2) is 47.9 Å². The average molecular weight is 706 g/mol. The number of imidazole rings is 1. The third kappa shape index (κ3) is 5.85. The SMILES string of the molecule is Cn1cc(-c2ccc3c(c2)n(C)c(=O)n3C)c2cnc(-c3ccc(C(=O)NCC#Cc4ccc5occ(C6CCC(=O)NC6=O)c5c4)nc3)cc2c1=O. The van der Waals surface area contributed by atoms with Gasteiger partial charge in [-0.15, -0.1) is 0 Å². The topological polar surface area (TPSA) is 163 Å². The van der Waals surface area contributed by atoms with Gasteiger partial charge in [0.25, 0.3) is 11.5 Å². The molecule has 1 aliphatic rings. The molecule has 1 atom stereocenters. The number of pyridine rings is 3. The lowest BCUT2D eigenvalue weighted by atomic mass is 9.90. The lowest BCUT2D eigenvalue weighted by Crippen LogP contribution is -2.39. The predicted molar refractivity (Wildman–Crippen MR) is 198 cm³/mol. The standard InChI is InChI=1S/C40H31N7O6/c1-45-20-29(23-8-11-33-34(16-23)47(3)40(52)46(33)2)28-19-43-32(17-27(28)39(45)51)24-7-10-31(42-18-24)38(50)41-14-4-5-22-6-12-35-26(15-22)30(21-53-35)25-9-13-36(48)44-37(25)49/h6-8,10-12,15-21,25H,9,13-14H2,1-3H3,(H,41,50)(H,44,48,49). The van der Waals surface area contributed by atoms with Crippen LogP contribution >= 0.6 is 0 Å². The minimum Gasteiger partial charge on any atom is -0.464 e. The van der Waals surface area contributed by atoms with Gasteiger partial charge in [0, 0.05) is 79.2 Å². The highest BCUT2D eigenvalue weighted by atomic mass is 16.3. The van der Waals surface area contributed by atoms with Crippen molar-refractivity contribution in [3.05, 3.63) is 117 Å². The minimum atomic E-state index is -0.479. The van der Waals surface area contributed by atoms with E-state index in [9.17, 15) is 24.0 Å². The van der Waals surface area contributed by atoms with Gasteiger partial charge in [-0.25, -0.2) is 4.79 Å². The van der Waals surface area contributed by atoms with E-state index in [4.69, 9.17) is 4.42 Å². The second kappa shape index (κ2) is 12.9. The molecule has 0 bridgehead atoms. The fourth-order valence-electron chi connectivity index (χ4n) is 6.85. The number of hydrogen-bond acceptors (Lipinski definition) is 8. The first-order valence-electron chi connectivity index (χ1n) is 16.8. The molecular weight excluding hydrogens is 674 g/mol. The van der Waals surface area contributed by atoms with Gasteiger partial charge in [0.15, 0.2) is 0 Å². The molecule has 5 aromatic heterocycles. The number of benzene rings is 2. The van der Waals surface area contributed by atoms with Crippen molar-refractivity contribution in [1.29, 1.82) is 0 Å². The predicted octanol–water partition coefficient (Wildman–Crippen LogP) is 3.90. The Labute approximate surface area is 300 Å². The molecule has 0 aliphatic carbocycles. The molecule has 0 spiro atoms. The lowest BCUT2D eigenvalue weighted by Gasteiger charge is -2.19. The van der Waals surface area contributed by atoms with Crippen LogP contribution < -0.4 is 21.9 Å². The van der Waals surface area contributed by atoms with Crippen LogP contribution in [-0.2, 0) is 30.7 Å². The highest BCUT2D eigenvalue weighted by Gasteiger charge is 2.30. The summed E-state index contributed by atoms with van der Waals surface area (Å²) in [6.07, 6.45) is 7.19. The highest BCUT2D eigenvalue weighted by molar-refractivity contribution is 6.03. The number of aryl methyl sites for hydroxylation is 3. The molecule has 13 nitrogen and oxygen atoms in total. The van der Waals surface area contributed by atoms with Crippen LogP contribution in [0.25, 0.3) is 55.2 Å². The van der Waals surface area contributed by atoms with E-state index in [0.29, 0.717) is 45.2 Å². The molecule has 2 aromatic carbocycles. The van der Waals surface area contributed by atoms with E-state index in [2.05, 4.69) is 32.4 Å². The van der Waals surface area contributed by atoms with Gasteiger partial charge < -0.3 is 14.3 Å². The molecule has 0 radical (unpaired) electrons. The van der Waals surface area contributed by atoms with Crippen LogP contribution in [0.3, 0.4) is 0 Å². The van der Waals surface area contributed by atoms with Crippen LogP contribution in [0, 0.1) is 11.8 Å². The van der Waals surface area contributed by atoms with E-state index in [0.717, 1.165) is 27.5 Å². The van der Waals surface area contributed by atoms with E-state index in [1.165, 1.54) is 10.8 Å². The van der Waals surface area contributed by atoms with Crippen LogP contribution in [0.5, 0.6) is 0 Å².